The number of guanidine groups is 1. The van der Waals surface area contributed by atoms with Crippen LogP contribution < -0.4 is 21.6 Å². The molecule has 0 radical (unpaired) electrons. The van der Waals surface area contributed by atoms with E-state index in [4.69, 9.17) is 4.74 Å². The third-order valence-electron chi connectivity index (χ3n) is 4.18. The molecule has 166 valence electrons. The number of nitrogens with zero attached hydrogens (tertiary/aromatic N) is 4. The molecule has 29 heavy (non-hydrogen) atoms. The van der Waals surface area contributed by atoms with E-state index in [1.165, 1.54) is 0 Å². The summed E-state index contributed by atoms with van der Waals surface area (Å²) in [4.78, 5) is 28.0. The third kappa shape index (κ3) is 8.62. The van der Waals surface area contributed by atoms with Gasteiger partial charge in [-0.3, -0.25) is 9.56 Å². The summed E-state index contributed by atoms with van der Waals surface area (Å²) in [6.07, 6.45) is 3.35. The first-order valence-electron chi connectivity index (χ1n) is 9.88. The Bertz CT molecular complexity index is 737. The summed E-state index contributed by atoms with van der Waals surface area (Å²) < 4.78 is 8.52. The van der Waals surface area contributed by atoms with E-state index in [1.807, 2.05) is 20.8 Å². The van der Waals surface area contributed by atoms with Crippen molar-refractivity contribution in [3.05, 3.63) is 16.3 Å². The fourth-order valence-electron chi connectivity index (χ4n) is 2.91. The second-order valence-corrected chi connectivity index (χ2v) is 7.74. The minimum Gasteiger partial charge on any atom is -0.444 e. The first kappa shape index (κ1) is 25.2. The molecule has 0 saturated heterocycles. The Morgan fingerprint density at radius 1 is 1.17 bits per heavy atom. The maximum absolute atomic E-state index is 12.3. The molecule has 0 aromatic carbocycles. The van der Waals surface area contributed by atoms with Crippen molar-refractivity contribution in [3.63, 3.8) is 0 Å². The van der Waals surface area contributed by atoms with Crippen LogP contribution in [-0.4, -0.2) is 58.7 Å². The Hall–Kier alpha value is -1.79. The number of alkyl carbamates (subject to hydrolysis) is 1. The van der Waals surface area contributed by atoms with Gasteiger partial charge in [0.15, 0.2) is 5.96 Å². The summed E-state index contributed by atoms with van der Waals surface area (Å²) in [5.74, 6) is 1.54. The zero-order chi connectivity index (χ0) is 20.6. The smallest absolute Gasteiger partial charge is 0.407 e. The number of hydrogen-bond acceptors (Lipinski definition) is 5. The number of fused-ring (bicyclic) bond motifs is 1. The molecule has 0 saturated carbocycles. The molecule has 0 fully saturated rings. The highest BCUT2D eigenvalue weighted by atomic mass is 127. The van der Waals surface area contributed by atoms with E-state index in [0.29, 0.717) is 32.1 Å². The standard InChI is InChI=1S/C18H33N7O3.HI/c1-18(2,3)28-16(26)22-11-10-21-15(19-4)20-9-7-13-25-17(27)24-12-6-5-8-14(24)23-25;/h5-13H2,1-4H3,(H,22,26)(H2,19,20,21);1H. The van der Waals surface area contributed by atoms with Gasteiger partial charge in [-0.15, -0.1) is 24.0 Å². The van der Waals surface area contributed by atoms with Gasteiger partial charge in [-0.05, 0) is 40.0 Å². The van der Waals surface area contributed by atoms with Gasteiger partial charge in [0.25, 0.3) is 0 Å². The summed E-state index contributed by atoms with van der Waals surface area (Å²) in [6.45, 7) is 8.42. The van der Waals surface area contributed by atoms with Crippen LogP contribution in [0.4, 0.5) is 4.79 Å². The highest BCUT2D eigenvalue weighted by molar-refractivity contribution is 14.0. The predicted molar refractivity (Wildman–Crippen MR) is 123 cm³/mol. The van der Waals surface area contributed by atoms with Crippen LogP contribution in [0.2, 0.25) is 0 Å². The van der Waals surface area contributed by atoms with Gasteiger partial charge in [0.2, 0.25) is 0 Å². The molecule has 0 bridgehead atoms. The second-order valence-electron chi connectivity index (χ2n) is 7.74. The van der Waals surface area contributed by atoms with Crippen LogP contribution in [0.3, 0.4) is 0 Å². The summed E-state index contributed by atoms with van der Waals surface area (Å²) >= 11 is 0. The highest BCUT2D eigenvalue weighted by Crippen LogP contribution is 2.09. The minimum absolute atomic E-state index is 0. The number of amides is 1. The summed E-state index contributed by atoms with van der Waals surface area (Å²) in [5.41, 5.74) is -0.517. The van der Waals surface area contributed by atoms with Crippen molar-refractivity contribution in [1.29, 1.82) is 0 Å². The van der Waals surface area contributed by atoms with E-state index in [-0.39, 0.29) is 29.7 Å². The number of halogens is 1. The molecular weight excluding hydrogens is 489 g/mol. The molecule has 0 spiro atoms. The van der Waals surface area contributed by atoms with Crippen LogP contribution >= 0.6 is 24.0 Å². The number of aliphatic imine (C=N–C) groups is 1. The lowest BCUT2D eigenvalue weighted by Gasteiger charge is -2.19. The molecule has 11 heteroatoms. The molecule has 1 aromatic heterocycles. The number of carbonyl (C=O) groups is 1. The van der Waals surface area contributed by atoms with E-state index in [0.717, 1.165) is 38.1 Å². The number of nitrogens with one attached hydrogen (secondary N) is 3. The molecular formula is C18H34IN7O3. The largest absolute Gasteiger partial charge is 0.444 e. The number of carbonyl (C=O) groups excluding carboxylic acids is 1. The number of ether oxygens (including phenoxy) is 1. The van der Waals surface area contributed by atoms with Gasteiger partial charge in [-0.1, -0.05) is 0 Å². The van der Waals surface area contributed by atoms with Gasteiger partial charge in [-0.2, -0.15) is 5.10 Å². The van der Waals surface area contributed by atoms with Crippen LogP contribution in [0.5, 0.6) is 0 Å². The predicted octanol–water partition coefficient (Wildman–Crippen LogP) is 1.08. The fourth-order valence-corrected chi connectivity index (χ4v) is 2.91. The van der Waals surface area contributed by atoms with Crippen LogP contribution in [0.25, 0.3) is 0 Å². The van der Waals surface area contributed by atoms with E-state index >= 15 is 0 Å². The molecule has 1 aliphatic heterocycles. The Morgan fingerprint density at radius 3 is 2.52 bits per heavy atom. The zero-order valence-corrected chi connectivity index (χ0v) is 20.1. The van der Waals surface area contributed by atoms with Gasteiger partial charge in [0, 0.05) is 46.2 Å². The summed E-state index contributed by atoms with van der Waals surface area (Å²) in [7, 11) is 1.69. The zero-order valence-electron chi connectivity index (χ0n) is 17.8. The van der Waals surface area contributed by atoms with Gasteiger partial charge in [0.1, 0.15) is 11.4 Å². The van der Waals surface area contributed by atoms with E-state index in [1.54, 1.807) is 16.3 Å². The van der Waals surface area contributed by atoms with Crippen molar-refractivity contribution in [2.24, 2.45) is 4.99 Å². The Kier molecular flexibility index (Phi) is 10.5. The van der Waals surface area contributed by atoms with Crippen molar-refractivity contribution < 1.29 is 9.53 Å². The third-order valence-corrected chi connectivity index (χ3v) is 4.18. The Labute approximate surface area is 188 Å². The van der Waals surface area contributed by atoms with Crippen molar-refractivity contribution in [3.8, 4) is 0 Å². The molecule has 2 rings (SSSR count). The molecule has 1 aliphatic rings. The molecule has 1 amide bonds. The lowest BCUT2D eigenvalue weighted by Crippen LogP contribution is -2.42. The van der Waals surface area contributed by atoms with Crippen molar-refractivity contribution in [1.82, 2.24) is 30.3 Å². The average Bonchev–Trinajstić information content (AvgIpc) is 2.95. The number of aromatic nitrogens is 3. The summed E-state index contributed by atoms with van der Waals surface area (Å²) in [5, 5.41) is 13.4. The number of aryl methyl sites for hydroxylation is 2. The van der Waals surface area contributed by atoms with Crippen LogP contribution in [0, 0.1) is 0 Å². The maximum atomic E-state index is 12.3. The Morgan fingerprint density at radius 2 is 1.86 bits per heavy atom. The molecule has 0 atom stereocenters. The lowest BCUT2D eigenvalue weighted by atomic mass is 10.2. The topological polar surface area (TPSA) is 115 Å². The molecule has 2 heterocycles. The second kappa shape index (κ2) is 12.0. The number of rotatable bonds is 7. The lowest BCUT2D eigenvalue weighted by molar-refractivity contribution is 0.0529. The average molecular weight is 523 g/mol. The van der Waals surface area contributed by atoms with E-state index < -0.39 is 11.7 Å². The van der Waals surface area contributed by atoms with E-state index in [9.17, 15) is 9.59 Å². The van der Waals surface area contributed by atoms with E-state index in [2.05, 4.69) is 26.0 Å². The normalized spacial score (nSPS) is 13.9. The van der Waals surface area contributed by atoms with Gasteiger partial charge in [-0.25, -0.2) is 14.3 Å². The van der Waals surface area contributed by atoms with Gasteiger partial charge >= 0.3 is 11.8 Å². The van der Waals surface area contributed by atoms with Crippen molar-refractivity contribution in [2.75, 3.05) is 26.7 Å². The summed E-state index contributed by atoms with van der Waals surface area (Å²) in [6, 6.07) is 0. The molecule has 0 unspecified atom stereocenters. The van der Waals surface area contributed by atoms with Crippen LogP contribution in [0.15, 0.2) is 9.79 Å². The number of hydrogen-bond donors (Lipinski definition) is 3. The van der Waals surface area contributed by atoms with Gasteiger partial charge in [0.05, 0.1) is 0 Å². The molecule has 0 aliphatic carbocycles. The fraction of sp³-hybridized carbons (Fsp3) is 0.778. The molecule has 1 aromatic rings. The monoisotopic (exact) mass is 523 g/mol. The minimum atomic E-state index is -0.509. The first-order valence-corrected chi connectivity index (χ1v) is 9.88. The molecule has 3 N–H and O–H groups in total. The van der Waals surface area contributed by atoms with Crippen molar-refractivity contribution >= 4 is 36.0 Å². The van der Waals surface area contributed by atoms with Crippen LogP contribution in [0.1, 0.15) is 45.9 Å². The van der Waals surface area contributed by atoms with Crippen LogP contribution in [-0.2, 0) is 24.2 Å². The first-order chi connectivity index (χ1) is 13.3. The maximum Gasteiger partial charge on any atom is 0.407 e. The highest BCUT2D eigenvalue weighted by Gasteiger charge is 2.16. The quantitative estimate of drug-likeness (QED) is 0.213. The molecule has 10 nitrogen and oxygen atoms in total. The SMILES string of the molecule is CN=C(NCCCn1nc2n(c1=O)CCCC2)NCCNC(=O)OC(C)(C)C.I. The van der Waals surface area contributed by atoms with Gasteiger partial charge < -0.3 is 20.7 Å². The van der Waals surface area contributed by atoms with Crippen molar-refractivity contribution in [2.45, 2.75) is 65.1 Å². The Balaban J connectivity index is 0.00000420.